The number of amides is 1. The molecule has 0 unspecified atom stereocenters. The summed E-state index contributed by atoms with van der Waals surface area (Å²) in [5.74, 6) is 4.49. The van der Waals surface area contributed by atoms with E-state index in [2.05, 4.69) is 36.7 Å². The molecule has 3 fully saturated rings. The van der Waals surface area contributed by atoms with Crippen molar-refractivity contribution in [3.63, 3.8) is 0 Å². The van der Waals surface area contributed by atoms with Crippen LogP contribution < -0.4 is 5.32 Å². The highest BCUT2D eigenvalue weighted by atomic mass is 16.3. The van der Waals surface area contributed by atoms with E-state index >= 15 is 0 Å². The quantitative estimate of drug-likeness (QED) is 0.502. The van der Waals surface area contributed by atoms with E-state index in [-0.39, 0.29) is 23.8 Å². The predicted octanol–water partition coefficient (Wildman–Crippen LogP) is 5.65. The lowest BCUT2D eigenvalue weighted by Gasteiger charge is -2.38. The highest BCUT2D eigenvalue weighted by molar-refractivity contribution is 5.92. The third-order valence-corrected chi connectivity index (χ3v) is 8.18. The molecule has 184 valence electrons. The van der Waals surface area contributed by atoms with Gasteiger partial charge in [0.25, 0.3) is 0 Å². The summed E-state index contributed by atoms with van der Waals surface area (Å²) in [5.41, 5.74) is 3.14. The molecule has 5 rings (SSSR count). The molecule has 0 saturated heterocycles. The van der Waals surface area contributed by atoms with E-state index in [0.29, 0.717) is 18.4 Å². The summed E-state index contributed by atoms with van der Waals surface area (Å²) in [7, 11) is 0. The van der Waals surface area contributed by atoms with E-state index in [1.807, 2.05) is 19.1 Å². The number of nitrogens with zero attached hydrogens (tertiary/aromatic N) is 3. The molecule has 1 amide bonds. The number of benzene rings is 1. The molecule has 3 aliphatic rings. The Hall–Kier alpha value is -2.21. The van der Waals surface area contributed by atoms with Crippen LogP contribution in [-0.2, 0) is 4.79 Å². The molecule has 6 heteroatoms. The van der Waals surface area contributed by atoms with E-state index in [4.69, 9.17) is 10.2 Å². The molecule has 2 N–H and O–H groups in total. The van der Waals surface area contributed by atoms with E-state index in [9.17, 15) is 9.90 Å². The van der Waals surface area contributed by atoms with Gasteiger partial charge in [0, 0.05) is 30.0 Å². The highest BCUT2D eigenvalue weighted by Crippen LogP contribution is 2.49. The van der Waals surface area contributed by atoms with Crippen LogP contribution in [-0.4, -0.2) is 31.9 Å². The Morgan fingerprint density at radius 3 is 2.50 bits per heavy atom. The lowest BCUT2D eigenvalue weighted by atomic mass is 9.70. The van der Waals surface area contributed by atoms with Gasteiger partial charge in [0.1, 0.15) is 11.6 Å². The molecule has 2 aromatic rings. The minimum Gasteiger partial charge on any atom is -0.393 e. The van der Waals surface area contributed by atoms with Crippen LogP contribution in [0.5, 0.6) is 0 Å². The Morgan fingerprint density at radius 2 is 1.88 bits per heavy atom. The molecule has 3 saturated carbocycles. The largest absolute Gasteiger partial charge is 0.393 e. The van der Waals surface area contributed by atoms with E-state index in [1.54, 1.807) is 0 Å². The second kappa shape index (κ2) is 9.44. The van der Waals surface area contributed by atoms with Crippen molar-refractivity contribution in [2.75, 3.05) is 5.32 Å². The molecule has 1 atom stereocenters. The average Bonchev–Trinajstić information content (AvgIpc) is 3.47. The molecule has 1 heterocycles. The van der Waals surface area contributed by atoms with Gasteiger partial charge < -0.3 is 15.0 Å². The van der Waals surface area contributed by atoms with Crippen LogP contribution in [0.4, 0.5) is 5.69 Å². The van der Waals surface area contributed by atoms with Crippen molar-refractivity contribution >= 4 is 11.6 Å². The first-order valence-electron chi connectivity index (χ1n) is 13.3. The molecule has 6 nitrogen and oxygen atoms in total. The number of anilines is 1. The van der Waals surface area contributed by atoms with Crippen molar-refractivity contribution in [1.82, 2.24) is 14.8 Å². The van der Waals surface area contributed by atoms with Crippen molar-refractivity contribution in [1.29, 1.82) is 0 Å². The van der Waals surface area contributed by atoms with Gasteiger partial charge in [-0.05, 0) is 88.2 Å². The first kappa shape index (κ1) is 23.5. The second-order valence-electron chi connectivity index (χ2n) is 11.7. The number of aromatic nitrogens is 3. The van der Waals surface area contributed by atoms with Crippen molar-refractivity contribution in [2.24, 2.45) is 17.8 Å². The van der Waals surface area contributed by atoms with Crippen molar-refractivity contribution in [2.45, 2.75) is 103 Å². The topological polar surface area (TPSA) is 80.0 Å². The maximum Gasteiger partial charge on any atom is 0.225 e. The van der Waals surface area contributed by atoms with Crippen LogP contribution in [0.1, 0.15) is 106 Å². The Bertz CT molecular complexity index is 1030. The van der Waals surface area contributed by atoms with Crippen LogP contribution in [0.3, 0.4) is 0 Å². The zero-order valence-corrected chi connectivity index (χ0v) is 21.1. The van der Waals surface area contributed by atoms with Gasteiger partial charge in [-0.25, -0.2) is 0 Å². The number of aliphatic hydroxyl groups is 1. The summed E-state index contributed by atoms with van der Waals surface area (Å²) < 4.78 is 2.41. The number of hydrogen-bond acceptors (Lipinski definition) is 4. The summed E-state index contributed by atoms with van der Waals surface area (Å²) >= 11 is 0. The van der Waals surface area contributed by atoms with Gasteiger partial charge in [-0.2, -0.15) is 0 Å². The molecule has 0 radical (unpaired) electrons. The van der Waals surface area contributed by atoms with Crippen molar-refractivity contribution < 1.29 is 9.90 Å². The maximum absolute atomic E-state index is 13.2. The number of rotatable bonds is 9. The summed E-state index contributed by atoms with van der Waals surface area (Å²) in [6, 6.07) is 6.60. The molecule has 0 bridgehead atoms. The van der Waals surface area contributed by atoms with Gasteiger partial charge in [-0.1, -0.05) is 31.5 Å². The smallest absolute Gasteiger partial charge is 0.225 e. The van der Waals surface area contributed by atoms with Gasteiger partial charge >= 0.3 is 0 Å². The fourth-order valence-corrected chi connectivity index (χ4v) is 6.14. The van der Waals surface area contributed by atoms with Gasteiger partial charge in [0.2, 0.25) is 5.91 Å². The lowest BCUT2D eigenvalue weighted by Crippen LogP contribution is -2.36. The van der Waals surface area contributed by atoms with E-state index in [0.717, 1.165) is 47.6 Å². The summed E-state index contributed by atoms with van der Waals surface area (Å²) in [4.78, 5) is 13.2. The average molecular weight is 465 g/mol. The van der Waals surface area contributed by atoms with Gasteiger partial charge in [0.15, 0.2) is 0 Å². The summed E-state index contributed by atoms with van der Waals surface area (Å²) in [6.07, 6.45) is 7.69. The standard InChI is InChI=1S/C28H40N4O2/c1-16(2)9-19-11-21(12-19)27-30-31-28(32(27)22-6-7-22)24(20-13-23(33)14-20)15-26(34)29-25-8-5-17(3)10-18(25)4/h5,8,10,16,19-24,33H,6-7,9,11-15H2,1-4H3,(H,29,34)/t19?,20?,21?,23?,24-/m1/s1. The summed E-state index contributed by atoms with van der Waals surface area (Å²) in [6.45, 7) is 8.70. The minimum atomic E-state index is -0.255. The van der Waals surface area contributed by atoms with Gasteiger partial charge in [0.05, 0.1) is 6.10 Å². The monoisotopic (exact) mass is 464 g/mol. The third-order valence-electron chi connectivity index (χ3n) is 8.18. The number of nitrogens with one attached hydrogen (secondary N) is 1. The lowest BCUT2D eigenvalue weighted by molar-refractivity contribution is -0.117. The maximum atomic E-state index is 13.2. The Kier molecular flexibility index (Phi) is 6.54. The SMILES string of the molecule is Cc1ccc(NC(=O)C[C@@H](c2nnc(C3CC(CC(C)C)C3)n2C2CC2)C2CC(O)C2)c(C)c1. The van der Waals surface area contributed by atoms with Crippen molar-refractivity contribution in [3.8, 4) is 0 Å². The number of hydrogen-bond donors (Lipinski definition) is 2. The van der Waals surface area contributed by atoms with Crippen LogP contribution in [0.25, 0.3) is 0 Å². The fourth-order valence-electron chi connectivity index (χ4n) is 6.14. The Morgan fingerprint density at radius 1 is 1.15 bits per heavy atom. The zero-order valence-electron chi connectivity index (χ0n) is 21.1. The van der Waals surface area contributed by atoms with Crippen LogP contribution in [0, 0.1) is 31.6 Å². The minimum absolute atomic E-state index is 0.00235. The molecular formula is C28H40N4O2. The summed E-state index contributed by atoms with van der Waals surface area (Å²) in [5, 5.41) is 22.6. The second-order valence-corrected chi connectivity index (χ2v) is 11.7. The normalized spacial score (nSPS) is 27.2. The molecule has 34 heavy (non-hydrogen) atoms. The van der Waals surface area contributed by atoms with Crippen molar-refractivity contribution in [3.05, 3.63) is 41.0 Å². The Balaban J connectivity index is 1.35. The van der Waals surface area contributed by atoms with E-state index in [1.165, 1.54) is 37.7 Å². The third kappa shape index (κ3) is 4.93. The molecule has 3 aliphatic carbocycles. The van der Waals surface area contributed by atoms with Crippen LogP contribution in [0.15, 0.2) is 18.2 Å². The van der Waals surface area contributed by atoms with Gasteiger partial charge in [-0.15, -0.1) is 10.2 Å². The van der Waals surface area contributed by atoms with Crippen LogP contribution in [0.2, 0.25) is 0 Å². The number of aliphatic hydroxyl groups excluding tert-OH is 1. The highest BCUT2D eigenvalue weighted by Gasteiger charge is 2.43. The fraction of sp³-hybridized carbons (Fsp3) is 0.679. The van der Waals surface area contributed by atoms with Gasteiger partial charge in [-0.3, -0.25) is 4.79 Å². The predicted molar refractivity (Wildman–Crippen MR) is 134 cm³/mol. The van der Waals surface area contributed by atoms with Crippen LogP contribution >= 0.6 is 0 Å². The molecular weight excluding hydrogens is 424 g/mol. The zero-order chi connectivity index (χ0) is 24.0. The first-order chi connectivity index (χ1) is 16.3. The number of carbonyl (C=O) groups is 1. The number of carbonyl (C=O) groups excluding carboxylic acids is 1. The van der Waals surface area contributed by atoms with E-state index < -0.39 is 0 Å². The molecule has 0 aliphatic heterocycles. The molecule has 1 aromatic carbocycles. The molecule has 1 aromatic heterocycles. The number of aryl methyl sites for hydroxylation is 2. The molecule has 0 spiro atoms. The Labute approximate surface area is 203 Å². The first-order valence-corrected chi connectivity index (χ1v) is 13.3.